The summed E-state index contributed by atoms with van der Waals surface area (Å²) in [5.74, 6) is 0.301. The van der Waals surface area contributed by atoms with Crippen LogP contribution in [-0.2, 0) is 6.54 Å². The lowest BCUT2D eigenvalue weighted by molar-refractivity contribution is 0.628. The first kappa shape index (κ1) is 11.4. The number of imidazole rings is 1. The molecule has 0 atom stereocenters. The summed E-state index contributed by atoms with van der Waals surface area (Å²) >= 11 is 0. The van der Waals surface area contributed by atoms with Crippen LogP contribution in [-0.4, -0.2) is 9.55 Å². The number of benzene rings is 2. The molecule has 1 heterocycles. The molecule has 1 aromatic heterocycles. The zero-order valence-electron chi connectivity index (χ0n) is 10.0. The highest BCUT2D eigenvalue weighted by atomic mass is 19.1. The lowest BCUT2D eigenvalue weighted by atomic mass is 10.2. The van der Waals surface area contributed by atoms with Crippen molar-refractivity contribution in [1.82, 2.24) is 9.55 Å². The summed E-state index contributed by atoms with van der Waals surface area (Å²) in [5, 5.41) is 8.95. The molecule has 4 heteroatoms. The Bertz CT molecular complexity index is 783. The first-order valence-corrected chi connectivity index (χ1v) is 5.88. The molecule has 3 nitrogen and oxygen atoms in total. The van der Waals surface area contributed by atoms with Gasteiger partial charge in [-0.2, -0.15) is 5.26 Å². The van der Waals surface area contributed by atoms with Crippen LogP contribution in [0.25, 0.3) is 22.4 Å². The van der Waals surface area contributed by atoms with Gasteiger partial charge >= 0.3 is 0 Å². The second-order valence-corrected chi connectivity index (χ2v) is 4.18. The molecular weight excluding hydrogens is 241 g/mol. The van der Waals surface area contributed by atoms with Crippen molar-refractivity contribution >= 4 is 11.0 Å². The quantitative estimate of drug-likeness (QED) is 0.700. The van der Waals surface area contributed by atoms with E-state index in [1.165, 1.54) is 12.1 Å². The van der Waals surface area contributed by atoms with Gasteiger partial charge in [0.25, 0.3) is 0 Å². The normalized spacial score (nSPS) is 10.5. The van der Waals surface area contributed by atoms with E-state index in [1.807, 2.05) is 24.3 Å². The maximum Gasteiger partial charge on any atom is 0.142 e. The third-order valence-electron chi connectivity index (χ3n) is 2.97. The number of hydrogen-bond donors (Lipinski definition) is 0. The van der Waals surface area contributed by atoms with Crippen LogP contribution < -0.4 is 0 Å². The van der Waals surface area contributed by atoms with Crippen LogP contribution in [0.2, 0.25) is 0 Å². The summed E-state index contributed by atoms with van der Waals surface area (Å²) in [7, 11) is 0. The highest BCUT2D eigenvalue weighted by Gasteiger charge is 2.12. The van der Waals surface area contributed by atoms with Gasteiger partial charge in [-0.25, -0.2) is 9.37 Å². The van der Waals surface area contributed by atoms with Crippen LogP contribution >= 0.6 is 0 Å². The molecule has 2 aromatic carbocycles. The van der Waals surface area contributed by atoms with Gasteiger partial charge < -0.3 is 4.57 Å². The maximum absolute atomic E-state index is 13.3. The molecule has 92 valence electrons. The lowest BCUT2D eigenvalue weighted by Gasteiger charge is -2.04. The van der Waals surface area contributed by atoms with E-state index in [0.717, 1.165) is 11.0 Å². The first-order valence-electron chi connectivity index (χ1n) is 5.88. The Morgan fingerprint density at radius 2 is 2.00 bits per heavy atom. The molecule has 3 rings (SSSR count). The molecule has 0 spiro atoms. The van der Waals surface area contributed by atoms with E-state index in [2.05, 4.69) is 11.1 Å². The smallest absolute Gasteiger partial charge is 0.142 e. The first-order chi connectivity index (χ1) is 9.29. The van der Waals surface area contributed by atoms with Crippen molar-refractivity contribution in [3.05, 3.63) is 54.3 Å². The number of hydrogen-bond acceptors (Lipinski definition) is 2. The molecule has 0 aliphatic heterocycles. The number of rotatable bonds is 2. The molecule has 0 radical (unpaired) electrons. The van der Waals surface area contributed by atoms with Crippen LogP contribution in [0.3, 0.4) is 0 Å². The van der Waals surface area contributed by atoms with Crippen LogP contribution in [0.15, 0.2) is 48.5 Å². The average Bonchev–Trinajstić information content (AvgIpc) is 2.79. The number of para-hydroxylation sites is 2. The third-order valence-corrected chi connectivity index (χ3v) is 2.97. The minimum atomic E-state index is -0.312. The van der Waals surface area contributed by atoms with Crippen LogP contribution in [0, 0.1) is 17.1 Å². The predicted octanol–water partition coefficient (Wildman–Crippen LogP) is 3.37. The highest BCUT2D eigenvalue weighted by Crippen LogP contribution is 2.25. The van der Waals surface area contributed by atoms with Gasteiger partial charge in [0, 0.05) is 5.56 Å². The Labute approximate surface area is 109 Å². The van der Waals surface area contributed by atoms with Crippen molar-refractivity contribution in [2.24, 2.45) is 0 Å². The molecule has 0 fully saturated rings. The molecular formula is C15H10FN3. The summed E-state index contributed by atoms with van der Waals surface area (Å²) in [4.78, 5) is 4.49. The van der Waals surface area contributed by atoms with E-state index in [-0.39, 0.29) is 12.4 Å². The fourth-order valence-electron chi connectivity index (χ4n) is 2.15. The van der Waals surface area contributed by atoms with Crippen molar-refractivity contribution in [2.75, 3.05) is 0 Å². The number of nitriles is 1. The number of nitrogens with zero attached hydrogens (tertiary/aromatic N) is 3. The second kappa shape index (κ2) is 4.54. The predicted molar refractivity (Wildman–Crippen MR) is 70.7 cm³/mol. The minimum Gasteiger partial charge on any atom is -0.310 e. The lowest BCUT2D eigenvalue weighted by Crippen LogP contribution is -1.98. The summed E-state index contributed by atoms with van der Waals surface area (Å²) in [6.45, 7) is 0.187. The summed E-state index contributed by atoms with van der Waals surface area (Å²) in [5.41, 5.74) is 2.35. The van der Waals surface area contributed by atoms with E-state index in [4.69, 9.17) is 5.26 Å². The van der Waals surface area contributed by atoms with E-state index >= 15 is 0 Å². The Morgan fingerprint density at radius 3 is 2.79 bits per heavy atom. The molecule has 0 amide bonds. The Hall–Kier alpha value is -2.67. The summed E-state index contributed by atoms with van der Waals surface area (Å²) in [6, 6.07) is 15.9. The zero-order chi connectivity index (χ0) is 13.2. The standard InChI is InChI=1S/C15H10FN3/c16-12-5-3-4-11(10-12)15-18-13-6-1-2-7-14(13)19(15)9-8-17/h1-7,10H,9H2. The summed E-state index contributed by atoms with van der Waals surface area (Å²) in [6.07, 6.45) is 0. The topological polar surface area (TPSA) is 41.6 Å². The molecule has 19 heavy (non-hydrogen) atoms. The molecule has 0 N–H and O–H groups in total. The fraction of sp³-hybridized carbons (Fsp3) is 0.0667. The van der Waals surface area contributed by atoms with Crippen molar-refractivity contribution < 1.29 is 4.39 Å². The van der Waals surface area contributed by atoms with Crippen LogP contribution in [0.5, 0.6) is 0 Å². The molecule has 0 aliphatic carbocycles. The van der Waals surface area contributed by atoms with Crippen molar-refractivity contribution in [1.29, 1.82) is 5.26 Å². The Morgan fingerprint density at radius 1 is 1.16 bits per heavy atom. The third kappa shape index (κ3) is 1.95. The zero-order valence-corrected chi connectivity index (χ0v) is 10.0. The summed E-state index contributed by atoms with van der Waals surface area (Å²) < 4.78 is 15.1. The molecule has 0 aliphatic rings. The molecule has 0 saturated carbocycles. The van der Waals surface area contributed by atoms with Crippen molar-refractivity contribution in [2.45, 2.75) is 6.54 Å². The molecule has 0 bridgehead atoms. The monoisotopic (exact) mass is 251 g/mol. The van der Waals surface area contributed by atoms with Gasteiger partial charge in [0.05, 0.1) is 17.1 Å². The largest absolute Gasteiger partial charge is 0.310 e. The van der Waals surface area contributed by atoms with E-state index < -0.39 is 0 Å². The minimum absolute atomic E-state index is 0.187. The van der Waals surface area contributed by atoms with Gasteiger partial charge in [0.15, 0.2) is 0 Å². The van der Waals surface area contributed by atoms with E-state index in [0.29, 0.717) is 11.4 Å². The Kier molecular flexibility index (Phi) is 2.73. The molecule has 3 aromatic rings. The second-order valence-electron chi connectivity index (χ2n) is 4.18. The number of aromatic nitrogens is 2. The molecule has 0 unspecified atom stereocenters. The van der Waals surface area contributed by atoms with Gasteiger partial charge in [0.2, 0.25) is 0 Å². The Balaban J connectivity index is 2.28. The molecule has 0 saturated heterocycles. The van der Waals surface area contributed by atoms with E-state index in [1.54, 1.807) is 16.7 Å². The van der Waals surface area contributed by atoms with Gasteiger partial charge in [-0.15, -0.1) is 0 Å². The highest BCUT2D eigenvalue weighted by molar-refractivity contribution is 5.80. The SMILES string of the molecule is N#CCn1c(-c2cccc(F)c2)nc2ccccc21. The van der Waals surface area contributed by atoms with Crippen LogP contribution in [0.4, 0.5) is 4.39 Å². The van der Waals surface area contributed by atoms with Gasteiger partial charge in [-0.1, -0.05) is 24.3 Å². The number of fused-ring (bicyclic) bond motifs is 1. The van der Waals surface area contributed by atoms with Crippen molar-refractivity contribution in [3.63, 3.8) is 0 Å². The average molecular weight is 251 g/mol. The maximum atomic E-state index is 13.3. The fourth-order valence-corrected chi connectivity index (χ4v) is 2.15. The van der Waals surface area contributed by atoms with Gasteiger partial charge in [0.1, 0.15) is 18.2 Å². The van der Waals surface area contributed by atoms with Crippen molar-refractivity contribution in [3.8, 4) is 17.5 Å². The number of halogens is 1. The van der Waals surface area contributed by atoms with Gasteiger partial charge in [-0.3, -0.25) is 0 Å². The van der Waals surface area contributed by atoms with E-state index in [9.17, 15) is 4.39 Å². The van der Waals surface area contributed by atoms with Gasteiger partial charge in [-0.05, 0) is 24.3 Å². The van der Waals surface area contributed by atoms with Crippen LogP contribution in [0.1, 0.15) is 0 Å².